The Kier molecular flexibility index (Phi) is 6.44. The normalized spacial score (nSPS) is 11.5. The molecule has 0 aliphatic rings. The van der Waals surface area contributed by atoms with E-state index in [0.717, 1.165) is 4.90 Å². The number of benzene rings is 2. The van der Waals surface area contributed by atoms with Crippen LogP contribution in [0.1, 0.15) is 29.5 Å². The molecule has 30 heavy (non-hydrogen) atoms. The van der Waals surface area contributed by atoms with Crippen molar-refractivity contribution in [3.63, 3.8) is 0 Å². The lowest BCUT2D eigenvalue weighted by Gasteiger charge is -2.12. The van der Waals surface area contributed by atoms with Crippen molar-refractivity contribution in [1.29, 1.82) is 5.26 Å². The smallest absolute Gasteiger partial charge is 0.278 e. The number of thioether (sulfide) groups is 1. The zero-order valence-corrected chi connectivity index (χ0v) is 17.1. The van der Waals surface area contributed by atoms with Gasteiger partial charge in [0, 0.05) is 28.7 Å². The highest BCUT2D eigenvalue weighted by atomic mass is 32.2. The van der Waals surface area contributed by atoms with E-state index in [4.69, 9.17) is 5.26 Å². The number of hydrogen-bond donors (Lipinski definition) is 1. The monoisotopic (exact) mass is 422 g/mol. The van der Waals surface area contributed by atoms with Crippen molar-refractivity contribution in [3.8, 4) is 11.8 Å². The number of anilines is 1. The van der Waals surface area contributed by atoms with Crippen molar-refractivity contribution < 1.29 is 9.72 Å². The van der Waals surface area contributed by atoms with E-state index in [9.17, 15) is 14.9 Å². The highest BCUT2D eigenvalue weighted by molar-refractivity contribution is 8.00. The second kappa shape index (κ2) is 9.19. The number of nitro benzene ring substituents is 1. The number of amides is 1. The first-order valence-corrected chi connectivity index (χ1v) is 9.89. The lowest BCUT2D eigenvalue weighted by Crippen LogP contribution is -2.15. The zero-order valence-electron chi connectivity index (χ0n) is 16.3. The molecule has 0 aliphatic carbocycles. The number of carbonyl (C=O) groups is 1. The Balaban J connectivity index is 1.84. The van der Waals surface area contributed by atoms with Gasteiger partial charge < -0.3 is 5.32 Å². The van der Waals surface area contributed by atoms with Crippen LogP contribution >= 0.6 is 11.8 Å². The maximum absolute atomic E-state index is 12.8. The summed E-state index contributed by atoms with van der Waals surface area (Å²) in [5, 5.41) is 30.7. The van der Waals surface area contributed by atoms with Crippen molar-refractivity contribution in [2.75, 3.05) is 5.32 Å². The minimum atomic E-state index is -0.495. The van der Waals surface area contributed by atoms with Gasteiger partial charge in [-0.15, -0.1) is 16.9 Å². The van der Waals surface area contributed by atoms with Crippen LogP contribution in [-0.2, 0) is 0 Å². The third-order valence-corrected chi connectivity index (χ3v) is 5.42. The minimum absolute atomic E-state index is 0.0736. The lowest BCUT2D eigenvalue weighted by molar-refractivity contribution is -0.384. The molecule has 1 N–H and O–H groups in total. The average Bonchev–Trinajstić information content (AvgIpc) is 3.11. The zero-order chi connectivity index (χ0) is 21.7. The maximum Gasteiger partial charge on any atom is 0.278 e. The van der Waals surface area contributed by atoms with Gasteiger partial charge >= 0.3 is 0 Å². The quantitative estimate of drug-likeness (QED) is 0.344. The van der Waals surface area contributed by atoms with Crippen LogP contribution in [0.5, 0.6) is 0 Å². The number of hydrogen-bond acceptors (Lipinski definition) is 7. The van der Waals surface area contributed by atoms with E-state index in [2.05, 4.69) is 21.7 Å². The van der Waals surface area contributed by atoms with Crippen LogP contribution in [0, 0.1) is 28.4 Å². The maximum atomic E-state index is 12.8. The first kappa shape index (κ1) is 21.0. The van der Waals surface area contributed by atoms with Crippen LogP contribution in [0.25, 0.3) is 5.69 Å². The fourth-order valence-corrected chi connectivity index (χ4v) is 3.76. The van der Waals surface area contributed by atoms with E-state index in [1.807, 2.05) is 19.1 Å². The first-order valence-electron chi connectivity index (χ1n) is 9.02. The van der Waals surface area contributed by atoms with Crippen LogP contribution in [0.4, 0.5) is 11.4 Å². The Morgan fingerprint density at radius 2 is 2.10 bits per heavy atom. The second-order valence-electron chi connectivity index (χ2n) is 6.45. The number of nitrogens with one attached hydrogen (secondary N) is 1. The molecular weight excluding hydrogens is 404 g/mol. The molecule has 3 rings (SSSR count). The van der Waals surface area contributed by atoms with Crippen LogP contribution in [0.2, 0.25) is 0 Å². The van der Waals surface area contributed by atoms with Crippen molar-refractivity contribution in [1.82, 2.24) is 15.0 Å². The van der Waals surface area contributed by atoms with Crippen LogP contribution in [0.15, 0.2) is 53.4 Å². The molecule has 0 aliphatic heterocycles. The summed E-state index contributed by atoms with van der Waals surface area (Å²) in [5.74, 6) is -0.440. The van der Waals surface area contributed by atoms with Gasteiger partial charge in [0.25, 0.3) is 11.6 Å². The molecule has 1 aromatic heterocycles. The molecule has 1 heterocycles. The Bertz CT molecular complexity index is 1140. The van der Waals surface area contributed by atoms with E-state index < -0.39 is 10.8 Å². The van der Waals surface area contributed by atoms with Crippen LogP contribution < -0.4 is 5.32 Å². The predicted octanol–water partition coefficient (Wildman–Crippen LogP) is 4.13. The molecule has 0 radical (unpaired) electrons. The SMILES string of the molecule is Cc1c(C(=O)Nc2ccccc2SC(C)CC#N)nnn1-c1cccc([N+](=O)[O-])c1. The molecule has 10 heteroatoms. The predicted molar refractivity (Wildman–Crippen MR) is 113 cm³/mol. The Morgan fingerprint density at radius 3 is 2.83 bits per heavy atom. The number of para-hydroxylation sites is 1. The molecule has 0 bridgehead atoms. The molecule has 0 spiro atoms. The fraction of sp³-hybridized carbons (Fsp3) is 0.200. The summed E-state index contributed by atoms with van der Waals surface area (Å²) in [6.07, 6.45) is 0.392. The molecule has 3 aromatic rings. The molecule has 0 saturated carbocycles. The number of carbonyl (C=O) groups excluding carboxylic acids is 1. The van der Waals surface area contributed by atoms with Crippen LogP contribution in [-0.4, -0.2) is 31.1 Å². The lowest BCUT2D eigenvalue weighted by atomic mass is 10.2. The molecule has 1 amide bonds. The Hall–Kier alpha value is -3.71. The van der Waals surface area contributed by atoms with E-state index in [1.54, 1.807) is 31.2 Å². The highest BCUT2D eigenvalue weighted by Gasteiger charge is 2.20. The fourth-order valence-electron chi connectivity index (χ4n) is 2.76. The van der Waals surface area contributed by atoms with Crippen molar-refractivity contribution in [2.24, 2.45) is 0 Å². The summed E-state index contributed by atoms with van der Waals surface area (Å²) in [5.41, 5.74) is 1.55. The molecule has 1 unspecified atom stereocenters. The molecule has 1 atom stereocenters. The highest BCUT2D eigenvalue weighted by Crippen LogP contribution is 2.32. The van der Waals surface area contributed by atoms with Crippen LogP contribution in [0.3, 0.4) is 0 Å². The molecule has 0 saturated heterocycles. The van der Waals surface area contributed by atoms with E-state index in [-0.39, 0.29) is 16.6 Å². The first-order chi connectivity index (χ1) is 14.4. The van der Waals surface area contributed by atoms with Crippen molar-refractivity contribution in [2.45, 2.75) is 30.4 Å². The number of non-ortho nitro benzene ring substituents is 1. The number of nitrogens with zero attached hydrogens (tertiary/aromatic N) is 5. The van der Waals surface area contributed by atoms with Gasteiger partial charge in [-0.25, -0.2) is 4.68 Å². The van der Waals surface area contributed by atoms with Crippen molar-refractivity contribution in [3.05, 3.63) is 70.0 Å². The summed E-state index contributed by atoms with van der Waals surface area (Å²) in [6, 6.07) is 15.4. The van der Waals surface area contributed by atoms with Gasteiger partial charge in [-0.3, -0.25) is 14.9 Å². The topological polar surface area (TPSA) is 127 Å². The summed E-state index contributed by atoms with van der Waals surface area (Å²) in [4.78, 5) is 24.2. The van der Waals surface area contributed by atoms with Gasteiger partial charge in [0.05, 0.1) is 28.1 Å². The number of nitro groups is 1. The largest absolute Gasteiger partial charge is 0.319 e. The van der Waals surface area contributed by atoms with E-state index >= 15 is 0 Å². The number of rotatable bonds is 7. The molecule has 2 aromatic carbocycles. The molecule has 9 nitrogen and oxygen atoms in total. The van der Waals surface area contributed by atoms with Gasteiger partial charge in [-0.1, -0.05) is 30.3 Å². The van der Waals surface area contributed by atoms with Crippen molar-refractivity contribution >= 4 is 29.0 Å². The Morgan fingerprint density at radius 1 is 1.33 bits per heavy atom. The Labute approximate surface area is 176 Å². The summed E-state index contributed by atoms with van der Waals surface area (Å²) >= 11 is 1.50. The molecule has 152 valence electrons. The van der Waals surface area contributed by atoms with E-state index in [1.165, 1.54) is 28.6 Å². The summed E-state index contributed by atoms with van der Waals surface area (Å²) in [6.45, 7) is 3.62. The minimum Gasteiger partial charge on any atom is -0.319 e. The average molecular weight is 422 g/mol. The van der Waals surface area contributed by atoms with Gasteiger partial charge in [-0.2, -0.15) is 5.26 Å². The van der Waals surface area contributed by atoms with E-state index in [0.29, 0.717) is 23.5 Å². The third kappa shape index (κ3) is 4.64. The van der Waals surface area contributed by atoms with Gasteiger partial charge in [0.15, 0.2) is 5.69 Å². The number of nitriles is 1. The molecular formula is C20H18N6O3S. The van der Waals surface area contributed by atoms with Gasteiger partial charge in [-0.05, 0) is 25.1 Å². The van der Waals surface area contributed by atoms with Gasteiger partial charge in [0.1, 0.15) is 0 Å². The van der Waals surface area contributed by atoms with Gasteiger partial charge in [0.2, 0.25) is 0 Å². The summed E-state index contributed by atoms with van der Waals surface area (Å²) in [7, 11) is 0. The summed E-state index contributed by atoms with van der Waals surface area (Å²) < 4.78 is 1.39. The second-order valence-corrected chi connectivity index (χ2v) is 7.93. The standard InChI is InChI=1S/C20H18N6O3S/c1-13(10-11-21)30-18-9-4-3-8-17(18)22-20(27)19-14(2)25(24-23-19)15-6-5-7-16(12-15)26(28)29/h3-9,12-13H,10H2,1-2H3,(H,22,27). The third-order valence-electron chi connectivity index (χ3n) is 4.24. The number of aromatic nitrogens is 3. The molecule has 0 fully saturated rings.